The van der Waals surface area contributed by atoms with E-state index in [-0.39, 0.29) is 5.56 Å². The van der Waals surface area contributed by atoms with Crippen LogP contribution in [-0.4, -0.2) is 34.4 Å². The molecule has 1 aromatic carbocycles. The Morgan fingerprint density at radius 3 is 1.50 bits per heavy atom. The lowest BCUT2D eigenvalue weighted by molar-refractivity contribution is 0.0597. The van der Waals surface area contributed by atoms with E-state index in [1.165, 1.54) is 28.4 Å². The summed E-state index contributed by atoms with van der Waals surface area (Å²) in [6.07, 6.45) is 0. The molecule has 0 aliphatic heterocycles. The Bertz CT molecular complexity index is 442. The molecule has 7 heteroatoms. The Hall–Kier alpha value is -0.950. The molecule has 0 saturated heterocycles. The Kier molecular flexibility index (Phi) is 5.28. The Balaban J connectivity index is 3.69. The molecule has 0 bridgehead atoms. The van der Waals surface area contributed by atoms with E-state index in [1.807, 2.05) is 0 Å². The van der Waals surface area contributed by atoms with Gasteiger partial charge in [-0.05, 0) is 31.9 Å². The van der Waals surface area contributed by atoms with Crippen molar-refractivity contribution >= 4 is 37.8 Å². The smallest absolute Gasteiger partial charge is 0.340 e. The summed E-state index contributed by atoms with van der Waals surface area (Å²) in [5.41, 5.74) is 0.270. The number of hydrogen-bond donors (Lipinski definition) is 0. The third-order valence-corrected chi connectivity index (χ3v) is 3.77. The molecule has 0 atom stereocenters. The van der Waals surface area contributed by atoms with Crippen LogP contribution in [0.25, 0.3) is 0 Å². The third kappa shape index (κ3) is 2.42. The second kappa shape index (κ2) is 6.29. The summed E-state index contributed by atoms with van der Waals surface area (Å²) < 4.78 is 21.2. The Labute approximate surface area is 122 Å². The van der Waals surface area contributed by atoms with Crippen LogP contribution < -0.4 is 14.2 Å². The molecule has 1 rings (SSSR count). The SMILES string of the molecule is COC(=O)c1c(Br)c(OC)c(OC)c(OC)c1Br. The highest BCUT2D eigenvalue weighted by atomic mass is 79.9. The molecular formula is C11H12Br2O5. The first-order valence-electron chi connectivity index (χ1n) is 4.78. The van der Waals surface area contributed by atoms with Crippen molar-refractivity contribution in [2.75, 3.05) is 28.4 Å². The van der Waals surface area contributed by atoms with Crippen LogP contribution in [0.3, 0.4) is 0 Å². The monoisotopic (exact) mass is 382 g/mol. The number of halogens is 2. The zero-order valence-electron chi connectivity index (χ0n) is 10.3. The highest BCUT2D eigenvalue weighted by molar-refractivity contribution is 9.11. The van der Waals surface area contributed by atoms with Crippen LogP contribution in [0.4, 0.5) is 0 Å². The molecule has 0 unspecified atom stereocenters. The summed E-state index contributed by atoms with van der Waals surface area (Å²) in [7, 11) is 5.72. The van der Waals surface area contributed by atoms with Gasteiger partial charge in [0.1, 0.15) is 0 Å². The van der Waals surface area contributed by atoms with Crippen LogP contribution in [-0.2, 0) is 4.74 Å². The van der Waals surface area contributed by atoms with Crippen molar-refractivity contribution in [3.05, 3.63) is 14.5 Å². The molecule has 1 aromatic rings. The van der Waals surface area contributed by atoms with Gasteiger partial charge in [-0.25, -0.2) is 4.79 Å². The van der Waals surface area contributed by atoms with Gasteiger partial charge in [-0.3, -0.25) is 0 Å². The van der Waals surface area contributed by atoms with Gasteiger partial charge in [0.15, 0.2) is 11.5 Å². The fraction of sp³-hybridized carbons (Fsp3) is 0.364. The first-order chi connectivity index (χ1) is 8.53. The molecule has 0 N–H and O–H groups in total. The van der Waals surface area contributed by atoms with Crippen molar-refractivity contribution < 1.29 is 23.7 Å². The Morgan fingerprint density at radius 2 is 1.22 bits per heavy atom. The minimum absolute atomic E-state index is 0.270. The van der Waals surface area contributed by atoms with E-state index in [0.717, 1.165) is 0 Å². The zero-order valence-corrected chi connectivity index (χ0v) is 13.5. The van der Waals surface area contributed by atoms with Crippen LogP contribution in [0.1, 0.15) is 10.4 Å². The van der Waals surface area contributed by atoms with Gasteiger partial charge in [0.25, 0.3) is 0 Å². The van der Waals surface area contributed by atoms with Crippen LogP contribution in [0.15, 0.2) is 8.95 Å². The second-order valence-corrected chi connectivity index (χ2v) is 4.68. The van der Waals surface area contributed by atoms with E-state index >= 15 is 0 Å². The van der Waals surface area contributed by atoms with Crippen LogP contribution in [0, 0.1) is 0 Å². The average Bonchev–Trinajstić information content (AvgIpc) is 2.37. The van der Waals surface area contributed by atoms with Crippen LogP contribution in [0.5, 0.6) is 17.2 Å². The molecule has 0 saturated carbocycles. The van der Waals surface area contributed by atoms with E-state index in [2.05, 4.69) is 31.9 Å². The van der Waals surface area contributed by atoms with E-state index in [9.17, 15) is 4.79 Å². The normalized spacial score (nSPS) is 9.89. The standard InChI is InChI=1S/C11H12Br2O5/c1-15-8-6(12)5(11(14)18-4)7(13)9(16-2)10(8)17-3/h1-4H3. The average molecular weight is 384 g/mol. The summed E-state index contributed by atoms with van der Waals surface area (Å²) in [5.74, 6) is 0.579. The maximum absolute atomic E-state index is 11.8. The predicted molar refractivity (Wildman–Crippen MR) is 72.8 cm³/mol. The minimum atomic E-state index is -0.520. The fourth-order valence-corrected chi connectivity index (χ4v) is 3.13. The van der Waals surface area contributed by atoms with Gasteiger partial charge in [0, 0.05) is 0 Å². The van der Waals surface area contributed by atoms with Crippen LogP contribution >= 0.6 is 31.9 Å². The van der Waals surface area contributed by atoms with Gasteiger partial charge < -0.3 is 18.9 Å². The van der Waals surface area contributed by atoms with Gasteiger partial charge in [-0.1, -0.05) is 0 Å². The number of rotatable bonds is 4. The molecule has 0 fully saturated rings. The number of hydrogen-bond acceptors (Lipinski definition) is 5. The van der Waals surface area contributed by atoms with Gasteiger partial charge >= 0.3 is 5.97 Å². The third-order valence-electron chi connectivity index (χ3n) is 2.25. The maximum atomic E-state index is 11.8. The van der Waals surface area contributed by atoms with Gasteiger partial charge in [-0.2, -0.15) is 0 Å². The highest BCUT2D eigenvalue weighted by Gasteiger charge is 2.28. The van der Waals surface area contributed by atoms with Crippen molar-refractivity contribution in [1.29, 1.82) is 0 Å². The Morgan fingerprint density at radius 1 is 0.833 bits per heavy atom. The molecule has 0 aromatic heterocycles. The highest BCUT2D eigenvalue weighted by Crippen LogP contribution is 2.50. The van der Waals surface area contributed by atoms with Gasteiger partial charge in [0.05, 0.1) is 42.9 Å². The molecule has 5 nitrogen and oxygen atoms in total. The summed E-state index contributed by atoms with van der Waals surface area (Å²) >= 11 is 6.59. The zero-order chi connectivity index (χ0) is 13.9. The predicted octanol–water partition coefficient (Wildman–Crippen LogP) is 3.02. The molecule has 0 aliphatic carbocycles. The topological polar surface area (TPSA) is 54.0 Å². The van der Waals surface area contributed by atoms with E-state index in [4.69, 9.17) is 18.9 Å². The summed E-state index contributed by atoms with van der Waals surface area (Å²) in [6, 6.07) is 0. The number of ether oxygens (including phenoxy) is 4. The van der Waals surface area contributed by atoms with E-state index in [1.54, 1.807) is 0 Å². The van der Waals surface area contributed by atoms with E-state index < -0.39 is 5.97 Å². The lowest BCUT2D eigenvalue weighted by Crippen LogP contribution is -2.07. The first-order valence-corrected chi connectivity index (χ1v) is 6.37. The van der Waals surface area contributed by atoms with Gasteiger partial charge in [-0.15, -0.1) is 0 Å². The molecule has 0 spiro atoms. The molecule has 0 amide bonds. The number of methoxy groups -OCH3 is 4. The van der Waals surface area contributed by atoms with Crippen molar-refractivity contribution in [3.8, 4) is 17.2 Å². The van der Waals surface area contributed by atoms with Crippen LogP contribution in [0.2, 0.25) is 0 Å². The lowest BCUT2D eigenvalue weighted by Gasteiger charge is -2.17. The molecule has 0 heterocycles. The van der Waals surface area contributed by atoms with E-state index in [0.29, 0.717) is 26.2 Å². The first kappa shape index (κ1) is 15.1. The van der Waals surface area contributed by atoms with Crippen molar-refractivity contribution in [2.45, 2.75) is 0 Å². The summed E-state index contributed by atoms with van der Waals surface area (Å²) in [6.45, 7) is 0. The largest absolute Gasteiger partial charge is 0.492 e. The number of esters is 1. The maximum Gasteiger partial charge on any atom is 0.340 e. The van der Waals surface area contributed by atoms with Gasteiger partial charge in [0.2, 0.25) is 5.75 Å². The number of benzene rings is 1. The lowest BCUT2D eigenvalue weighted by atomic mass is 10.2. The summed E-state index contributed by atoms with van der Waals surface area (Å²) in [4.78, 5) is 11.8. The van der Waals surface area contributed by atoms with Crippen molar-refractivity contribution in [2.24, 2.45) is 0 Å². The quantitative estimate of drug-likeness (QED) is 0.748. The fourth-order valence-electron chi connectivity index (χ4n) is 1.46. The molecular weight excluding hydrogens is 372 g/mol. The molecule has 0 aliphatic rings. The minimum Gasteiger partial charge on any atom is -0.492 e. The second-order valence-electron chi connectivity index (χ2n) is 3.09. The molecule has 0 radical (unpaired) electrons. The van der Waals surface area contributed by atoms with Crippen molar-refractivity contribution in [1.82, 2.24) is 0 Å². The number of carbonyl (C=O) groups is 1. The van der Waals surface area contributed by atoms with Crippen molar-refractivity contribution in [3.63, 3.8) is 0 Å². The number of carbonyl (C=O) groups excluding carboxylic acids is 1. The molecule has 100 valence electrons. The summed E-state index contributed by atoms with van der Waals surface area (Å²) in [5, 5.41) is 0. The molecule has 18 heavy (non-hydrogen) atoms.